The van der Waals surface area contributed by atoms with E-state index < -0.39 is 17.6 Å². The Morgan fingerprint density at radius 3 is 2.59 bits per heavy atom. The van der Waals surface area contributed by atoms with Crippen molar-refractivity contribution in [2.45, 2.75) is 44.5 Å². The molecule has 7 heteroatoms. The number of hydrogen-bond donors (Lipinski definition) is 2. The van der Waals surface area contributed by atoms with E-state index in [1.807, 2.05) is 6.92 Å². The highest BCUT2D eigenvalue weighted by Crippen LogP contribution is 2.33. The van der Waals surface area contributed by atoms with Crippen LogP contribution in [0.25, 0.3) is 0 Å². The first-order valence-corrected chi connectivity index (χ1v) is 7.45. The molecule has 0 aliphatic heterocycles. The van der Waals surface area contributed by atoms with Gasteiger partial charge in [0.05, 0.1) is 22.3 Å². The third kappa shape index (κ3) is 3.73. The Hall–Kier alpha value is -1.27. The van der Waals surface area contributed by atoms with Crippen molar-refractivity contribution in [3.63, 3.8) is 0 Å². The summed E-state index contributed by atoms with van der Waals surface area (Å²) in [7, 11) is 0. The largest absolute Gasteiger partial charge is 0.416 e. The molecular weight excluding hydrogens is 319 g/mol. The van der Waals surface area contributed by atoms with Crippen LogP contribution >= 0.6 is 11.6 Å². The fraction of sp³-hybridized carbons (Fsp3) is 0.533. The summed E-state index contributed by atoms with van der Waals surface area (Å²) in [6, 6.07) is 2.51. The molecule has 3 nitrogen and oxygen atoms in total. The predicted octanol–water partition coefficient (Wildman–Crippen LogP) is 3.64. The third-order valence-electron chi connectivity index (χ3n) is 4.01. The van der Waals surface area contributed by atoms with Crippen molar-refractivity contribution < 1.29 is 23.1 Å². The van der Waals surface area contributed by atoms with Crippen LogP contribution in [0.2, 0.25) is 5.02 Å². The zero-order valence-electron chi connectivity index (χ0n) is 12.0. The number of carbonyl (C=O) groups excluding carboxylic acids is 1. The Morgan fingerprint density at radius 1 is 1.45 bits per heavy atom. The van der Waals surface area contributed by atoms with Crippen molar-refractivity contribution in [3.8, 4) is 0 Å². The van der Waals surface area contributed by atoms with Gasteiger partial charge in [0, 0.05) is 6.04 Å². The maximum Gasteiger partial charge on any atom is 0.416 e. The fourth-order valence-electron chi connectivity index (χ4n) is 2.63. The molecule has 0 aromatic heterocycles. The lowest BCUT2D eigenvalue weighted by molar-refractivity contribution is -0.137. The van der Waals surface area contributed by atoms with Gasteiger partial charge in [-0.2, -0.15) is 13.2 Å². The molecule has 1 saturated carbocycles. The third-order valence-corrected chi connectivity index (χ3v) is 4.34. The maximum absolute atomic E-state index is 12.7. The number of amides is 1. The van der Waals surface area contributed by atoms with Crippen LogP contribution < -0.4 is 5.32 Å². The Labute approximate surface area is 131 Å². The van der Waals surface area contributed by atoms with E-state index in [0.29, 0.717) is 19.3 Å². The second kappa shape index (κ2) is 6.46. The zero-order valence-corrected chi connectivity index (χ0v) is 12.7. The highest BCUT2D eigenvalue weighted by Gasteiger charge is 2.35. The minimum atomic E-state index is -4.53. The Morgan fingerprint density at radius 2 is 2.09 bits per heavy atom. The Kier molecular flexibility index (Phi) is 5.02. The molecule has 1 aliphatic carbocycles. The minimum absolute atomic E-state index is 0.0194. The lowest BCUT2D eigenvalue weighted by Crippen LogP contribution is -2.46. The summed E-state index contributed by atoms with van der Waals surface area (Å²) in [6.07, 6.45) is -3.06. The Balaban J connectivity index is 2.14. The second-order valence-corrected chi connectivity index (χ2v) is 5.97. The van der Waals surface area contributed by atoms with Crippen molar-refractivity contribution in [3.05, 3.63) is 34.3 Å². The summed E-state index contributed by atoms with van der Waals surface area (Å²) in [6.45, 7) is 1.88. The van der Waals surface area contributed by atoms with E-state index in [1.165, 1.54) is 0 Å². The number of alkyl halides is 3. The van der Waals surface area contributed by atoms with E-state index in [9.17, 15) is 23.1 Å². The monoisotopic (exact) mass is 335 g/mol. The normalized spacial score (nSPS) is 22.8. The average molecular weight is 336 g/mol. The van der Waals surface area contributed by atoms with Crippen molar-refractivity contribution >= 4 is 17.5 Å². The van der Waals surface area contributed by atoms with Gasteiger partial charge in [0.1, 0.15) is 0 Å². The fourth-order valence-corrected chi connectivity index (χ4v) is 2.84. The van der Waals surface area contributed by atoms with Crippen LogP contribution in [0.5, 0.6) is 0 Å². The first-order chi connectivity index (χ1) is 10.2. The summed E-state index contributed by atoms with van der Waals surface area (Å²) in [5.41, 5.74) is -1.09. The van der Waals surface area contributed by atoms with E-state index in [-0.39, 0.29) is 28.6 Å². The van der Waals surface area contributed by atoms with Gasteiger partial charge in [-0.1, -0.05) is 18.5 Å². The number of aliphatic hydroxyl groups excluding tert-OH is 1. The average Bonchev–Trinajstić information content (AvgIpc) is 2.40. The minimum Gasteiger partial charge on any atom is -0.393 e. The molecule has 2 N–H and O–H groups in total. The number of aliphatic hydroxyl groups is 1. The molecule has 0 saturated heterocycles. The number of benzene rings is 1. The molecule has 0 heterocycles. The van der Waals surface area contributed by atoms with E-state index in [4.69, 9.17) is 11.6 Å². The molecule has 0 radical (unpaired) electrons. The van der Waals surface area contributed by atoms with Gasteiger partial charge in [-0.05, 0) is 43.4 Å². The van der Waals surface area contributed by atoms with Gasteiger partial charge in [-0.25, -0.2) is 0 Å². The van der Waals surface area contributed by atoms with Crippen LogP contribution in [0.15, 0.2) is 18.2 Å². The first kappa shape index (κ1) is 17.1. The van der Waals surface area contributed by atoms with Crippen molar-refractivity contribution in [2.24, 2.45) is 5.92 Å². The predicted molar refractivity (Wildman–Crippen MR) is 76.7 cm³/mol. The number of halogens is 4. The molecule has 1 aromatic rings. The van der Waals surface area contributed by atoms with Crippen LogP contribution in [-0.4, -0.2) is 23.2 Å². The molecule has 1 amide bonds. The van der Waals surface area contributed by atoms with Crippen LogP contribution in [0, 0.1) is 5.92 Å². The van der Waals surface area contributed by atoms with Gasteiger partial charge < -0.3 is 10.4 Å². The topological polar surface area (TPSA) is 49.3 Å². The van der Waals surface area contributed by atoms with E-state index in [1.54, 1.807) is 0 Å². The number of nitrogens with one attached hydrogen (secondary N) is 1. The van der Waals surface area contributed by atoms with Crippen LogP contribution in [0.1, 0.15) is 42.1 Å². The van der Waals surface area contributed by atoms with Crippen LogP contribution in [-0.2, 0) is 6.18 Å². The number of hydrogen-bond acceptors (Lipinski definition) is 2. The summed E-state index contributed by atoms with van der Waals surface area (Å²) in [5.74, 6) is -0.474. The molecule has 2 rings (SSSR count). The molecule has 22 heavy (non-hydrogen) atoms. The van der Waals surface area contributed by atoms with Gasteiger partial charge in [-0.3, -0.25) is 4.79 Å². The highest BCUT2D eigenvalue weighted by atomic mass is 35.5. The lowest BCUT2D eigenvalue weighted by Gasteiger charge is -2.37. The van der Waals surface area contributed by atoms with E-state index >= 15 is 0 Å². The Bertz CT molecular complexity index is 556. The zero-order chi connectivity index (χ0) is 16.5. The molecule has 1 atom stereocenters. The molecule has 0 bridgehead atoms. The van der Waals surface area contributed by atoms with Gasteiger partial charge in [-0.15, -0.1) is 0 Å². The number of carbonyl (C=O) groups is 1. The van der Waals surface area contributed by atoms with E-state index in [2.05, 4.69) is 5.32 Å². The lowest BCUT2D eigenvalue weighted by atomic mass is 9.76. The highest BCUT2D eigenvalue weighted by molar-refractivity contribution is 6.33. The molecule has 1 aliphatic rings. The second-order valence-electron chi connectivity index (χ2n) is 5.57. The SMILES string of the molecule is CC[C@H](NC(=O)c1cc(C(F)(F)F)ccc1Cl)C1CC(O)C1. The van der Waals surface area contributed by atoms with Gasteiger partial charge in [0.2, 0.25) is 0 Å². The van der Waals surface area contributed by atoms with Crippen molar-refractivity contribution in [1.82, 2.24) is 5.32 Å². The summed E-state index contributed by atoms with van der Waals surface area (Å²) < 4.78 is 38.2. The van der Waals surface area contributed by atoms with Crippen molar-refractivity contribution in [1.29, 1.82) is 0 Å². The smallest absolute Gasteiger partial charge is 0.393 e. The van der Waals surface area contributed by atoms with Gasteiger partial charge >= 0.3 is 6.18 Å². The summed E-state index contributed by atoms with van der Waals surface area (Å²) in [4.78, 5) is 12.2. The van der Waals surface area contributed by atoms with Crippen LogP contribution in [0.4, 0.5) is 13.2 Å². The molecule has 1 fully saturated rings. The van der Waals surface area contributed by atoms with Gasteiger partial charge in [0.15, 0.2) is 0 Å². The maximum atomic E-state index is 12.7. The summed E-state index contributed by atoms with van der Waals surface area (Å²) >= 11 is 5.85. The quantitative estimate of drug-likeness (QED) is 0.882. The van der Waals surface area contributed by atoms with Gasteiger partial charge in [0.25, 0.3) is 5.91 Å². The van der Waals surface area contributed by atoms with Crippen LogP contribution in [0.3, 0.4) is 0 Å². The standard InChI is InChI=1S/C15H17ClF3NO2/c1-2-13(8-5-10(21)6-8)20-14(22)11-7-9(15(17,18)19)3-4-12(11)16/h3-4,7-8,10,13,21H,2,5-6H2,1H3,(H,20,22)/t8?,10?,13-/m0/s1. The van der Waals surface area contributed by atoms with Crippen molar-refractivity contribution in [2.75, 3.05) is 0 Å². The summed E-state index contributed by atoms with van der Waals surface area (Å²) in [5, 5.41) is 12.0. The first-order valence-electron chi connectivity index (χ1n) is 7.08. The molecular formula is C15H17ClF3NO2. The molecule has 0 spiro atoms. The molecule has 0 unspecified atom stereocenters. The number of rotatable bonds is 4. The molecule has 122 valence electrons. The van der Waals surface area contributed by atoms with E-state index in [0.717, 1.165) is 18.2 Å². The molecule has 1 aromatic carbocycles.